The highest BCUT2D eigenvalue weighted by atomic mass is 16.5. The molecule has 2 fully saturated rings. The van der Waals surface area contributed by atoms with Crippen LogP contribution in [-0.2, 0) is 9.59 Å². The van der Waals surface area contributed by atoms with E-state index in [1.54, 1.807) is 30.3 Å². The lowest BCUT2D eigenvalue weighted by molar-refractivity contribution is -0.136. The van der Waals surface area contributed by atoms with Gasteiger partial charge in [-0.3, -0.25) is 34.3 Å². The number of carboxylic acid groups (broad SMARTS) is 1. The maximum atomic E-state index is 12.9. The number of nitrogens with zero attached hydrogens (tertiary/aromatic N) is 4. The number of pyridine rings is 1. The molecule has 1 atom stereocenters. The topological polar surface area (TPSA) is 149 Å². The highest BCUT2D eigenvalue weighted by molar-refractivity contribution is 6.23. The molecule has 3 aliphatic heterocycles. The average Bonchev–Trinajstić information content (AvgIpc) is 3.21. The van der Waals surface area contributed by atoms with Crippen LogP contribution in [0.1, 0.15) is 69.6 Å². The van der Waals surface area contributed by atoms with Crippen LogP contribution in [0.25, 0.3) is 0 Å². The monoisotopic (exact) mass is 563 g/mol. The van der Waals surface area contributed by atoms with Crippen molar-refractivity contribution in [3.05, 3.63) is 53.2 Å². The number of amides is 4. The van der Waals surface area contributed by atoms with Crippen molar-refractivity contribution in [3.8, 4) is 5.75 Å². The molecule has 216 valence electrons. The Morgan fingerprint density at radius 2 is 1.71 bits per heavy atom. The van der Waals surface area contributed by atoms with E-state index in [9.17, 15) is 24.0 Å². The molecule has 5 rings (SSSR count). The first-order valence-corrected chi connectivity index (χ1v) is 14.0. The Bertz CT molecular complexity index is 1340. The first kappa shape index (κ1) is 28.2. The standard InChI is InChI=1S/C29H33N5O7/c35-25-10-8-23(26(36)31-25)34-27(37)21-7-6-20(17-22(21)28(34)38)41-16-4-2-1-3-11-32-12-14-33(15-13-32)24-9-5-19(18-30-24)29(39)40/h5-7,9,17-18,23H,1-4,8,10-16H2,(H,39,40)(H,31,35,36). The first-order valence-electron chi connectivity index (χ1n) is 14.0. The number of benzene rings is 1. The van der Waals surface area contributed by atoms with Crippen LogP contribution in [0.3, 0.4) is 0 Å². The molecule has 2 aromatic rings. The van der Waals surface area contributed by atoms with Crippen LogP contribution in [0.5, 0.6) is 5.75 Å². The molecule has 41 heavy (non-hydrogen) atoms. The minimum Gasteiger partial charge on any atom is -0.494 e. The highest BCUT2D eigenvalue weighted by Crippen LogP contribution is 2.30. The van der Waals surface area contributed by atoms with Crippen molar-refractivity contribution in [2.24, 2.45) is 0 Å². The summed E-state index contributed by atoms with van der Waals surface area (Å²) in [6, 6.07) is 7.13. The van der Waals surface area contributed by atoms with E-state index < -0.39 is 35.6 Å². The van der Waals surface area contributed by atoms with E-state index in [0.717, 1.165) is 69.1 Å². The Morgan fingerprint density at radius 1 is 0.951 bits per heavy atom. The molecular formula is C29H33N5O7. The molecular weight excluding hydrogens is 530 g/mol. The van der Waals surface area contributed by atoms with E-state index >= 15 is 0 Å². The SMILES string of the molecule is O=C1CCC(N2C(=O)c3ccc(OCCCCCCN4CCN(c5ccc(C(=O)O)cn5)CC4)cc3C2=O)C(=O)N1. The minimum absolute atomic E-state index is 0.0823. The van der Waals surface area contributed by atoms with Crippen molar-refractivity contribution in [3.63, 3.8) is 0 Å². The summed E-state index contributed by atoms with van der Waals surface area (Å²) in [7, 11) is 0. The van der Waals surface area contributed by atoms with Crippen molar-refractivity contribution in [2.75, 3.05) is 44.2 Å². The van der Waals surface area contributed by atoms with E-state index in [4.69, 9.17) is 9.84 Å². The lowest BCUT2D eigenvalue weighted by Crippen LogP contribution is -2.54. The number of piperazine rings is 1. The van der Waals surface area contributed by atoms with Crippen molar-refractivity contribution < 1.29 is 33.8 Å². The highest BCUT2D eigenvalue weighted by Gasteiger charge is 2.44. The molecule has 1 aromatic carbocycles. The molecule has 4 amide bonds. The van der Waals surface area contributed by atoms with Crippen LogP contribution in [-0.4, -0.2) is 94.9 Å². The number of nitrogens with one attached hydrogen (secondary N) is 1. The number of ether oxygens (including phenoxy) is 1. The van der Waals surface area contributed by atoms with Crippen LogP contribution in [0.4, 0.5) is 5.82 Å². The predicted molar refractivity (Wildman–Crippen MR) is 147 cm³/mol. The Labute approximate surface area is 237 Å². The third-order valence-corrected chi connectivity index (χ3v) is 7.74. The first-order chi connectivity index (χ1) is 19.8. The number of fused-ring (bicyclic) bond motifs is 1. The summed E-state index contributed by atoms with van der Waals surface area (Å²) in [5.74, 6) is -1.77. The summed E-state index contributed by atoms with van der Waals surface area (Å²) >= 11 is 0. The van der Waals surface area contributed by atoms with Gasteiger partial charge in [-0.15, -0.1) is 0 Å². The molecule has 0 radical (unpaired) electrons. The van der Waals surface area contributed by atoms with Gasteiger partial charge in [-0.05, 0) is 56.1 Å². The minimum atomic E-state index is -0.983. The summed E-state index contributed by atoms with van der Waals surface area (Å²) in [6.07, 6.45) is 5.62. The van der Waals surface area contributed by atoms with Crippen LogP contribution in [0.2, 0.25) is 0 Å². The fraction of sp³-hybridized carbons (Fsp3) is 0.448. The summed E-state index contributed by atoms with van der Waals surface area (Å²) < 4.78 is 5.84. The van der Waals surface area contributed by atoms with Gasteiger partial charge in [0.05, 0.1) is 23.3 Å². The van der Waals surface area contributed by atoms with Crippen LogP contribution in [0.15, 0.2) is 36.5 Å². The Morgan fingerprint density at radius 3 is 2.41 bits per heavy atom. The fourth-order valence-corrected chi connectivity index (χ4v) is 5.42. The number of aromatic carboxylic acids is 1. The molecule has 0 bridgehead atoms. The zero-order valence-electron chi connectivity index (χ0n) is 22.7. The fourth-order valence-electron chi connectivity index (χ4n) is 5.42. The molecule has 0 aliphatic carbocycles. The second-order valence-electron chi connectivity index (χ2n) is 10.5. The number of piperidine rings is 1. The lowest BCUT2D eigenvalue weighted by atomic mass is 10.0. The quantitative estimate of drug-likeness (QED) is 0.307. The van der Waals surface area contributed by atoms with E-state index in [1.165, 1.54) is 6.20 Å². The van der Waals surface area contributed by atoms with Gasteiger partial charge in [-0.1, -0.05) is 12.8 Å². The molecule has 1 unspecified atom stereocenters. The number of unbranched alkanes of at least 4 members (excludes halogenated alkanes) is 3. The zero-order chi connectivity index (χ0) is 28.9. The lowest BCUT2D eigenvalue weighted by Gasteiger charge is -2.35. The van der Waals surface area contributed by atoms with E-state index in [-0.39, 0.29) is 29.5 Å². The normalized spacial score (nSPS) is 19.4. The summed E-state index contributed by atoms with van der Waals surface area (Å²) in [5, 5.41) is 11.2. The molecule has 12 heteroatoms. The van der Waals surface area contributed by atoms with Gasteiger partial charge >= 0.3 is 5.97 Å². The number of rotatable bonds is 11. The summed E-state index contributed by atoms with van der Waals surface area (Å²) in [5.41, 5.74) is 0.639. The average molecular weight is 564 g/mol. The van der Waals surface area contributed by atoms with Crippen LogP contribution >= 0.6 is 0 Å². The Hall–Kier alpha value is -4.32. The molecule has 2 saturated heterocycles. The zero-order valence-corrected chi connectivity index (χ0v) is 22.7. The van der Waals surface area contributed by atoms with Gasteiger partial charge in [0.25, 0.3) is 11.8 Å². The second-order valence-corrected chi connectivity index (χ2v) is 10.5. The van der Waals surface area contributed by atoms with E-state index in [0.29, 0.717) is 12.4 Å². The smallest absolute Gasteiger partial charge is 0.337 e. The number of hydrogen-bond donors (Lipinski definition) is 2. The van der Waals surface area contributed by atoms with Gasteiger partial charge in [0.1, 0.15) is 17.6 Å². The van der Waals surface area contributed by atoms with Gasteiger partial charge in [0.2, 0.25) is 11.8 Å². The van der Waals surface area contributed by atoms with Gasteiger partial charge in [-0.25, -0.2) is 9.78 Å². The third kappa shape index (κ3) is 6.37. The molecule has 2 N–H and O–H groups in total. The number of carbonyl (C=O) groups is 5. The van der Waals surface area contributed by atoms with Gasteiger partial charge < -0.3 is 14.7 Å². The Kier molecular flexibility index (Phi) is 8.58. The van der Waals surface area contributed by atoms with Gasteiger partial charge in [0.15, 0.2) is 0 Å². The van der Waals surface area contributed by atoms with E-state index in [1.807, 2.05) is 0 Å². The third-order valence-electron chi connectivity index (χ3n) is 7.74. The van der Waals surface area contributed by atoms with Crippen molar-refractivity contribution in [2.45, 2.75) is 44.6 Å². The number of anilines is 1. The van der Waals surface area contributed by atoms with Gasteiger partial charge in [0, 0.05) is 38.8 Å². The maximum Gasteiger partial charge on any atom is 0.337 e. The second kappa shape index (κ2) is 12.5. The number of hydrogen-bond acceptors (Lipinski definition) is 9. The molecule has 1 aromatic heterocycles. The number of aromatic nitrogens is 1. The van der Waals surface area contributed by atoms with Crippen LogP contribution < -0.4 is 15.0 Å². The summed E-state index contributed by atoms with van der Waals surface area (Å²) in [4.78, 5) is 70.2. The molecule has 0 spiro atoms. The Balaban J connectivity index is 0.987. The summed E-state index contributed by atoms with van der Waals surface area (Å²) in [6.45, 7) is 5.09. The molecule has 12 nitrogen and oxygen atoms in total. The number of carbonyl (C=O) groups excluding carboxylic acids is 4. The number of imide groups is 2. The predicted octanol–water partition coefficient (Wildman–Crippen LogP) is 1.94. The van der Waals surface area contributed by atoms with Crippen molar-refractivity contribution >= 4 is 35.4 Å². The maximum absolute atomic E-state index is 12.9. The van der Waals surface area contributed by atoms with Crippen molar-refractivity contribution in [1.82, 2.24) is 20.1 Å². The van der Waals surface area contributed by atoms with Crippen molar-refractivity contribution in [1.29, 1.82) is 0 Å². The largest absolute Gasteiger partial charge is 0.494 e. The molecule has 4 heterocycles. The number of carboxylic acids is 1. The molecule has 0 saturated carbocycles. The van der Waals surface area contributed by atoms with Gasteiger partial charge in [-0.2, -0.15) is 0 Å². The van der Waals surface area contributed by atoms with Crippen LogP contribution in [0, 0.1) is 0 Å². The van der Waals surface area contributed by atoms with E-state index in [2.05, 4.69) is 20.1 Å². The molecule has 3 aliphatic rings.